The van der Waals surface area contributed by atoms with Gasteiger partial charge in [-0.05, 0) is 25.0 Å². The molecule has 0 bridgehead atoms. The van der Waals surface area contributed by atoms with Crippen LogP contribution in [0.2, 0.25) is 0 Å². The molecule has 3 heteroatoms. The highest BCUT2D eigenvalue weighted by atomic mass is 16.2. The first-order valence-corrected chi connectivity index (χ1v) is 5.92. The Bertz CT molecular complexity index is 344. The van der Waals surface area contributed by atoms with Gasteiger partial charge in [0.2, 0.25) is 0 Å². The quantitative estimate of drug-likeness (QED) is 0.470. The maximum atomic E-state index is 12.0. The summed E-state index contributed by atoms with van der Waals surface area (Å²) in [5, 5.41) is 1.43. The zero-order chi connectivity index (χ0) is 11.4. The number of carbonyl (C=O) groups is 1. The van der Waals surface area contributed by atoms with Gasteiger partial charge in [0.05, 0.1) is 0 Å². The highest BCUT2D eigenvalue weighted by Crippen LogP contribution is 2.21. The second-order valence-corrected chi connectivity index (χ2v) is 4.37. The lowest BCUT2D eigenvalue weighted by molar-refractivity contribution is 0.0633. The molecule has 1 aliphatic rings. The zero-order valence-electron chi connectivity index (χ0n) is 9.43. The molecule has 1 aromatic carbocycles. The van der Waals surface area contributed by atoms with Gasteiger partial charge in [0.1, 0.15) is 0 Å². The first kappa shape index (κ1) is 11.1. The van der Waals surface area contributed by atoms with Crippen LogP contribution in [0.25, 0.3) is 0 Å². The van der Waals surface area contributed by atoms with E-state index in [1.165, 1.54) is 24.3 Å². The van der Waals surface area contributed by atoms with Gasteiger partial charge in [-0.15, -0.1) is 0 Å². The lowest BCUT2D eigenvalue weighted by Gasteiger charge is -2.30. The molecule has 0 aliphatic heterocycles. The highest BCUT2D eigenvalue weighted by molar-refractivity contribution is 5.93. The van der Waals surface area contributed by atoms with Crippen molar-refractivity contribution in [3.63, 3.8) is 0 Å². The zero-order valence-corrected chi connectivity index (χ0v) is 9.43. The van der Waals surface area contributed by atoms with Crippen molar-refractivity contribution >= 4 is 5.91 Å². The SMILES string of the molecule is NN(C(=O)c1ccccc1)C1CCCCC1. The summed E-state index contributed by atoms with van der Waals surface area (Å²) < 4.78 is 0. The fraction of sp³-hybridized carbons (Fsp3) is 0.462. The average molecular weight is 218 g/mol. The third-order valence-electron chi connectivity index (χ3n) is 3.22. The molecular weight excluding hydrogens is 200 g/mol. The van der Waals surface area contributed by atoms with Crippen LogP contribution in [-0.4, -0.2) is 17.0 Å². The molecule has 0 radical (unpaired) electrons. The molecule has 0 unspecified atom stereocenters. The number of rotatable bonds is 2. The van der Waals surface area contributed by atoms with Crippen LogP contribution in [0.5, 0.6) is 0 Å². The Morgan fingerprint density at radius 1 is 1.12 bits per heavy atom. The van der Waals surface area contributed by atoms with E-state index in [0.29, 0.717) is 5.56 Å². The van der Waals surface area contributed by atoms with Gasteiger partial charge in [0.25, 0.3) is 5.91 Å². The fourth-order valence-electron chi connectivity index (χ4n) is 2.25. The molecule has 86 valence electrons. The molecule has 1 aromatic rings. The van der Waals surface area contributed by atoms with E-state index in [9.17, 15) is 4.79 Å². The summed E-state index contributed by atoms with van der Waals surface area (Å²) in [4.78, 5) is 12.0. The fourth-order valence-corrected chi connectivity index (χ4v) is 2.25. The molecule has 1 saturated carbocycles. The molecule has 2 N–H and O–H groups in total. The van der Waals surface area contributed by atoms with E-state index in [-0.39, 0.29) is 11.9 Å². The molecule has 0 saturated heterocycles. The Kier molecular flexibility index (Phi) is 3.57. The summed E-state index contributed by atoms with van der Waals surface area (Å²) in [5.41, 5.74) is 0.676. The van der Waals surface area contributed by atoms with Gasteiger partial charge in [-0.3, -0.25) is 9.80 Å². The predicted molar refractivity (Wildman–Crippen MR) is 63.7 cm³/mol. The highest BCUT2D eigenvalue weighted by Gasteiger charge is 2.23. The Morgan fingerprint density at radius 2 is 1.75 bits per heavy atom. The predicted octanol–water partition coefficient (Wildman–Crippen LogP) is 2.34. The van der Waals surface area contributed by atoms with Crippen molar-refractivity contribution < 1.29 is 4.79 Å². The summed E-state index contributed by atoms with van der Waals surface area (Å²) in [5.74, 6) is 5.85. The Hall–Kier alpha value is -1.35. The van der Waals surface area contributed by atoms with Crippen LogP contribution in [0.4, 0.5) is 0 Å². The molecule has 0 spiro atoms. The Morgan fingerprint density at radius 3 is 2.38 bits per heavy atom. The minimum Gasteiger partial charge on any atom is -0.274 e. The van der Waals surface area contributed by atoms with E-state index in [0.717, 1.165) is 12.8 Å². The van der Waals surface area contributed by atoms with E-state index >= 15 is 0 Å². The number of benzene rings is 1. The number of hydrogen-bond donors (Lipinski definition) is 1. The van der Waals surface area contributed by atoms with E-state index in [2.05, 4.69) is 0 Å². The summed E-state index contributed by atoms with van der Waals surface area (Å²) in [6.45, 7) is 0. The molecule has 1 amide bonds. The second-order valence-electron chi connectivity index (χ2n) is 4.37. The van der Waals surface area contributed by atoms with Crippen LogP contribution in [0.3, 0.4) is 0 Å². The van der Waals surface area contributed by atoms with Crippen molar-refractivity contribution in [2.45, 2.75) is 38.1 Å². The molecule has 1 aliphatic carbocycles. The normalized spacial score (nSPS) is 17.1. The van der Waals surface area contributed by atoms with Crippen LogP contribution >= 0.6 is 0 Å². The molecular formula is C13H18N2O. The average Bonchev–Trinajstić information content (AvgIpc) is 2.39. The maximum Gasteiger partial charge on any atom is 0.268 e. The Balaban J connectivity index is 2.04. The van der Waals surface area contributed by atoms with Gasteiger partial charge in [0, 0.05) is 11.6 Å². The maximum absolute atomic E-state index is 12.0. The Labute approximate surface area is 96.2 Å². The number of nitrogens with two attached hydrogens (primary N) is 1. The lowest BCUT2D eigenvalue weighted by atomic mass is 9.95. The van der Waals surface area contributed by atoms with E-state index < -0.39 is 0 Å². The molecule has 0 atom stereocenters. The second kappa shape index (κ2) is 5.12. The van der Waals surface area contributed by atoms with Gasteiger partial charge in [-0.1, -0.05) is 37.5 Å². The van der Waals surface area contributed by atoms with Gasteiger partial charge >= 0.3 is 0 Å². The lowest BCUT2D eigenvalue weighted by Crippen LogP contribution is -2.46. The van der Waals surface area contributed by atoms with Crippen LogP contribution < -0.4 is 5.84 Å². The van der Waals surface area contributed by atoms with E-state index in [1.54, 1.807) is 0 Å². The molecule has 3 nitrogen and oxygen atoms in total. The molecule has 0 aromatic heterocycles. The van der Waals surface area contributed by atoms with Gasteiger partial charge in [-0.25, -0.2) is 5.84 Å². The van der Waals surface area contributed by atoms with Crippen LogP contribution in [0.1, 0.15) is 42.5 Å². The third kappa shape index (κ3) is 2.42. The first-order valence-electron chi connectivity index (χ1n) is 5.92. The number of nitrogens with zero attached hydrogens (tertiary/aromatic N) is 1. The molecule has 1 fully saturated rings. The monoisotopic (exact) mass is 218 g/mol. The van der Waals surface area contributed by atoms with Gasteiger partial charge < -0.3 is 0 Å². The van der Waals surface area contributed by atoms with Crippen LogP contribution in [0, 0.1) is 0 Å². The summed E-state index contributed by atoms with van der Waals surface area (Å²) in [7, 11) is 0. The number of hydrazine groups is 1. The largest absolute Gasteiger partial charge is 0.274 e. The minimum atomic E-state index is -0.0625. The van der Waals surface area contributed by atoms with Crippen LogP contribution in [-0.2, 0) is 0 Å². The molecule has 2 rings (SSSR count). The van der Waals surface area contributed by atoms with Crippen molar-refractivity contribution in [2.24, 2.45) is 5.84 Å². The number of amides is 1. The van der Waals surface area contributed by atoms with Crippen LogP contribution in [0.15, 0.2) is 30.3 Å². The van der Waals surface area contributed by atoms with Crippen molar-refractivity contribution in [3.8, 4) is 0 Å². The third-order valence-corrected chi connectivity index (χ3v) is 3.22. The minimum absolute atomic E-state index is 0.0625. The van der Waals surface area contributed by atoms with Gasteiger partial charge in [0.15, 0.2) is 0 Å². The van der Waals surface area contributed by atoms with Crippen molar-refractivity contribution in [2.75, 3.05) is 0 Å². The van der Waals surface area contributed by atoms with Crippen molar-refractivity contribution in [1.82, 2.24) is 5.01 Å². The van der Waals surface area contributed by atoms with Gasteiger partial charge in [-0.2, -0.15) is 0 Å². The summed E-state index contributed by atoms with van der Waals surface area (Å²) in [6, 6.07) is 9.47. The smallest absolute Gasteiger partial charge is 0.268 e. The first-order chi connectivity index (χ1) is 7.79. The number of hydrogen-bond acceptors (Lipinski definition) is 2. The summed E-state index contributed by atoms with van der Waals surface area (Å²) in [6.07, 6.45) is 5.70. The topological polar surface area (TPSA) is 46.3 Å². The summed E-state index contributed by atoms with van der Waals surface area (Å²) >= 11 is 0. The molecule has 0 heterocycles. The van der Waals surface area contributed by atoms with E-state index in [1.807, 2.05) is 30.3 Å². The number of carbonyl (C=O) groups excluding carboxylic acids is 1. The standard InChI is InChI=1S/C13H18N2O/c14-15(12-9-5-2-6-10-12)13(16)11-7-3-1-4-8-11/h1,3-4,7-8,12H,2,5-6,9-10,14H2. The van der Waals surface area contributed by atoms with Crippen molar-refractivity contribution in [1.29, 1.82) is 0 Å². The molecule has 16 heavy (non-hydrogen) atoms. The van der Waals surface area contributed by atoms with Crippen molar-refractivity contribution in [3.05, 3.63) is 35.9 Å². The van der Waals surface area contributed by atoms with E-state index in [4.69, 9.17) is 5.84 Å².